The molecule has 7 aromatic rings. The summed E-state index contributed by atoms with van der Waals surface area (Å²) in [5.41, 5.74) is 12.9. The first-order valence-electron chi connectivity index (χ1n) is 19.6. The molecule has 1 aliphatic rings. The van der Waals surface area contributed by atoms with Crippen LogP contribution in [0.1, 0.15) is 76.3 Å². The van der Waals surface area contributed by atoms with Gasteiger partial charge in [-0.05, 0) is 37.8 Å². The van der Waals surface area contributed by atoms with E-state index in [9.17, 15) is 0 Å². The maximum absolute atomic E-state index is 2.99. The summed E-state index contributed by atoms with van der Waals surface area (Å²) >= 11 is 1.55. The molecule has 0 bridgehead atoms. The summed E-state index contributed by atoms with van der Waals surface area (Å²) in [4.78, 5) is 0. The molecule has 0 heterocycles. The van der Waals surface area contributed by atoms with Crippen molar-refractivity contribution in [2.75, 3.05) is 0 Å². The molecule has 284 valence electrons. The summed E-state index contributed by atoms with van der Waals surface area (Å²) in [5, 5.41) is 5.69. The van der Waals surface area contributed by atoms with Crippen molar-refractivity contribution in [3.8, 4) is 0 Å². The Bertz CT molecular complexity index is 2250. The van der Waals surface area contributed by atoms with Crippen molar-refractivity contribution in [2.45, 2.75) is 72.1 Å². The molecular formula is C53H52Cl2Zr-2. The number of allylic oxidation sites excluding steroid dienone is 4. The third kappa shape index (κ3) is 12.8. The van der Waals surface area contributed by atoms with Crippen molar-refractivity contribution < 1.29 is 49.0 Å². The first-order valence-corrected chi connectivity index (χ1v) is 20.8. The van der Waals surface area contributed by atoms with Crippen molar-refractivity contribution in [3.05, 3.63) is 220 Å². The maximum atomic E-state index is 2.99. The van der Waals surface area contributed by atoms with Gasteiger partial charge in [0.1, 0.15) is 0 Å². The van der Waals surface area contributed by atoms with Gasteiger partial charge < -0.3 is 24.8 Å². The second-order valence-corrected chi connectivity index (χ2v) is 16.2. The minimum absolute atomic E-state index is 0. The first-order chi connectivity index (χ1) is 26.5. The van der Waals surface area contributed by atoms with Crippen LogP contribution < -0.4 is 24.8 Å². The van der Waals surface area contributed by atoms with Crippen LogP contribution in [0.15, 0.2) is 164 Å². The number of aryl methyl sites for hydroxylation is 2. The first kappa shape index (κ1) is 44.7. The van der Waals surface area contributed by atoms with Gasteiger partial charge in [-0.2, -0.15) is 6.08 Å². The molecule has 0 aromatic heterocycles. The van der Waals surface area contributed by atoms with Crippen LogP contribution in [0.3, 0.4) is 0 Å². The van der Waals surface area contributed by atoms with Crippen LogP contribution in [-0.2, 0) is 56.3 Å². The van der Waals surface area contributed by atoms with Crippen LogP contribution in [0.5, 0.6) is 0 Å². The van der Waals surface area contributed by atoms with E-state index in [4.69, 9.17) is 0 Å². The molecule has 56 heavy (non-hydrogen) atoms. The molecule has 0 amide bonds. The molecule has 0 saturated heterocycles. The van der Waals surface area contributed by atoms with Crippen LogP contribution in [0, 0.1) is 19.9 Å². The van der Waals surface area contributed by atoms with Crippen molar-refractivity contribution in [1.29, 1.82) is 0 Å². The average molecular weight is 851 g/mol. The number of hydrogen-bond acceptors (Lipinski definition) is 0. The van der Waals surface area contributed by atoms with Gasteiger partial charge >= 0.3 is 112 Å². The molecule has 0 radical (unpaired) electrons. The second-order valence-electron chi connectivity index (χ2n) is 14.5. The predicted molar refractivity (Wildman–Crippen MR) is 230 cm³/mol. The van der Waals surface area contributed by atoms with Crippen LogP contribution in [0.4, 0.5) is 0 Å². The topological polar surface area (TPSA) is 0 Å². The van der Waals surface area contributed by atoms with Crippen LogP contribution in [0.25, 0.3) is 21.5 Å². The Labute approximate surface area is 363 Å². The van der Waals surface area contributed by atoms with Crippen LogP contribution >= 0.6 is 0 Å². The molecule has 8 rings (SSSR count). The van der Waals surface area contributed by atoms with E-state index in [1.54, 1.807) is 33.0 Å². The molecule has 0 atom stereocenters. The van der Waals surface area contributed by atoms with Gasteiger partial charge in [-0.3, -0.25) is 6.08 Å². The zero-order valence-corrected chi connectivity index (χ0v) is 37.0. The molecule has 0 spiro atoms. The van der Waals surface area contributed by atoms with E-state index in [0.29, 0.717) is 0 Å². The van der Waals surface area contributed by atoms with Gasteiger partial charge in [0.05, 0.1) is 0 Å². The molecule has 0 unspecified atom stereocenters. The number of halogens is 2. The molecule has 0 saturated carbocycles. The van der Waals surface area contributed by atoms with Gasteiger partial charge in [-0.25, -0.2) is 12.2 Å². The normalized spacial score (nSPS) is 11.2. The van der Waals surface area contributed by atoms with E-state index in [0.717, 1.165) is 38.5 Å². The Morgan fingerprint density at radius 1 is 0.643 bits per heavy atom. The molecular weight excluding hydrogens is 799 g/mol. The van der Waals surface area contributed by atoms with E-state index in [-0.39, 0.29) is 24.8 Å². The van der Waals surface area contributed by atoms with Crippen LogP contribution in [0.2, 0.25) is 0 Å². The van der Waals surface area contributed by atoms with E-state index in [2.05, 4.69) is 179 Å². The molecule has 3 heteroatoms. The number of hydrogen-bond donors (Lipinski definition) is 0. The van der Waals surface area contributed by atoms with Gasteiger partial charge in [0.15, 0.2) is 0 Å². The fraction of sp³-hybridized carbons (Fsp3) is 0.208. The zero-order valence-electron chi connectivity index (χ0n) is 33.0. The summed E-state index contributed by atoms with van der Waals surface area (Å²) in [6.07, 6.45) is 17.8. The molecule has 0 aliphatic heterocycles. The van der Waals surface area contributed by atoms with Gasteiger partial charge in [0.25, 0.3) is 0 Å². The summed E-state index contributed by atoms with van der Waals surface area (Å²) in [5.74, 6) is 0. The van der Waals surface area contributed by atoms with Gasteiger partial charge in [-0.15, -0.1) is 45.7 Å². The number of benzene rings is 6. The third-order valence-corrected chi connectivity index (χ3v) is 11.2. The van der Waals surface area contributed by atoms with E-state index >= 15 is 0 Å². The summed E-state index contributed by atoms with van der Waals surface area (Å²) in [6, 6.07) is 53.0. The molecule has 1 aliphatic carbocycles. The van der Waals surface area contributed by atoms with Crippen LogP contribution in [-0.4, -0.2) is 3.21 Å². The molecule has 0 nitrogen and oxygen atoms in total. The number of fused-ring (bicyclic) bond motifs is 3. The SMILES string of the molecule is CCCCc1c(C)c(Cc2ccccc2)cc2c1[cH-]c1cc(C)c(Cc3ccccc3)cc12.[C-]1=CC=CC1.[Cl-].[Cl-].[Zr+2]=[C](Cc1ccccc1)Cc1ccccc1. The summed E-state index contributed by atoms with van der Waals surface area (Å²) in [7, 11) is 0. The average Bonchev–Trinajstić information content (AvgIpc) is 3.90. The standard InChI is InChI=1S/C33H33.C15H14.C5H5.2ClH.Zr/c1-4-5-16-30-24(3)28(19-26-14-10-7-11-15-26)21-33-31-20-27(18-25-12-8-6-9-13-25)23(2)17-29(31)22-32(30)33;1-3-8-14(9-4-1)12-7-13-15-10-5-2-6-11-15;1-2-4-5-3-1;;;/h6-15,17,20-22H,4-5,16,18-19H2,1-3H3;1-6,8-11H,12-13H2;1-3H,4H2;2*1H;/q-1;;-1;;;+2/p-2. The van der Waals surface area contributed by atoms with E-state index < -0.39 is 0 Å². The fourth-order valence-electron chi connectivity index (χ4n) is 7.36. The Balaban J connectivity index is 0.000000252. The van der Waals surface area contributed by atoms with Gasteiger partial charge in [-0.1, -0.05) is 121 Å². The van der Waals surface area contributed by atoms with Crippen molar-refractivity contribution >= 4 is 24.8 Å². The Kier molecular flexibility index (Phi) is 18.6. The Morgan fingerprint density at radius 2 is 1.14 bits per heavy atom. The number of unbranched alkanes of at least 4 members (excludes halogenated alkanes) is 1. The van der Waals surface area contributed by atoms with E-state index in [1.807, 2.05) is 12.2 Å². The molecule has 0 N–H and O–H groups in total. The third-order valence-electron chi connectivity index (χ3n) is 10.3. The fourth-order valence-corrected chi connectivity index (χ4v) is 8.36. The quantitative estimate of drug-likeness (QED) is 0.120. The van der Waals surface area contributed by atoms with Crippen molar-refractivity contribution in [2.24, 2.45) is 0 Å². The van der Waals surface area contributed by atoms with Crippen molar-refractivity contribution in [1.82, 2.24) is 0 Å². The number of rotatable bonds is 11. The van der Waals surface area contributed by atoms with E-state index in [1.165, 1.54) is 78.9 Å². The van der Waals surface area contributed by atoms with Crippen molar-refractivity contribution in [3.63, 3.8) is 0 Å². The monoisotopic (exact) mass is 848 g/mol. The Morgan fingerprint density at radius 3 is 1.61 bits per heavy atom. The van der Waals surface area contributed by atoms with Gasteiger partial charge in [0.2, 0.25) is 0 Å². The molecule has 7 aromatic carbocycles. The summed E-state index contributed by atoms with van der Waals surface area (Å²) < 4.78 is 1.60. The second kappa shape index (κ2) is 23.3. The minimum atomic E-state index is 0. The predicted octanol–water partition coefficient (Wildman–Crippen LogP) is 7.36. The summed E-state index contributed by atoms with van der Waals surface area (Å²) in [6.45, 7) is 6.90. The Hall–Kier alpha value is -4.00. The van der Waals surface area contributed by atoms with Gasteiger partial charge in [0, 0.05) is 0 Å². The zero-order chi connectivity index (χ0) is 37.5. The molecule has 0 fully saturated rings.